The lowest BCUT2D eigenvalue weighted by Crippen LogP contribution is -2.26. The fraction of sp³-hybridized carbons (Fsp3) is 0.429. The first-order valence-electron chi connectivity index (χ1n) is 15.1. The molecular weight excluding hydrogens is 520 g/mol. The smallest absolute Gasteiger partial charge is 0.119 e. The number of nitrogens with zero attached hydrogens (tertiary/aromatic N) is 6. The van der Waals surface area contributed by atoms with Crippen LogP contribution in [0.4, 0.5) is 0 Å². The Balaban J connectivity index is 1.63. The zero-order valence-corrected chi connectivity index (χ0v) is 25.9. The molecule has 2 atom stereocenters. The van der Waals surface area contributed by atoms with Crippen LogP contribution >= 0.6 is 0 Å². The van der Waals surface area contributed by atoms with Gasteiger partial charge in [0.05, 0.1) is 13.1 Å². The van der Waals surface area contributed by atoms with Gasteiger partial charge in [0.25, 0.3) is 0 Å². The lowest BCUT2D eigenvalue weighted by atomic mass is 9.70. The topological polar surface area (TPSA) is 81.6 Å². The summed E-state index contributed by atoms with van der Waals surface area (Å²) in [4.78, 5) is 3.60. The van der Waals surface area contributed by atoms with Crippen molar-refractivity contribution in [2.24, 2.45) is 10.8 Å². The summed E-state index contributed by atoms with van der Waals surface area (Å²) in [5, 5.41) is 30.8. The number of fused-ring (bicyclic) bond motifs is 2. The van der Waals surface area contributed by atoms with E-state index in [1.165, 1.54) is 0 Å². The molecule has 0 saturated carbocycles. The normalized spacial score (nSPS) is 14.0. The highest BCUT2D eigenvalue weighted by Gasteiger charge is 2.34. The number of benzene rings is 3. The van der Waals surface area contributed by atoms with Crippen LogP contribution in [0.2, 0.25) is 0 Å². The van der Waals surface area contributed by atoms with E-state index in [4.69, 9.17) is 20.4 Å². The van der Waals surface area contributed by atoms with E-state index < -0.39 is 0 Å². The van der Waals surface area contributed by atoms with E-state index in [1.54, 1.807) is 10.9 Å². The third-order valence-electron chi connectivity index (χ3n) is 9.22. The lowest BCUT2D eigenvalue weighted by Gasteiger charge is -2.36. The second-order valence-electron chi connectivity index (χ2n) is 13.0. The minimum Gasteiger partial charge on any atom is -0.508 e. The van der Waals surface area contributed by atoms with E-state index in [9.17, 15) is 5.11 Å². The fourth-order valence-electron chi connectivity index (χ4n) is 5.80. The first kappa shape index (κ1) is 29.5. The zero-order valence-electron chi connectivity index (χ0n) is 25.9. The van der Waals surface area contributed by atoms with E-state index in [1.807, 2.05) is 59.4 Å². The first-order valence-corrected chi connectivity index (χ1v) is 15.1. The van der Waals surface area contributed by atoms with Crippen molar-refractivity contribution >= 4 is 22.1 Å². The van der Waals surface area contributed by atoms with Crippen molar-refractivity contribution in [1.82, 2.24) is 30.0 Å². The summed E-state index contributed by atoms with van der Waals surface area (Å²) in [6.45, 7) is 19.3. The number of phenolic OH excluding ortho intramolecular Hbond substituents is 1. The Bertz CT molecular complexity index is 1630. The van der Waals surface area contributed by atoms with Crippen LogP contribution in [-0.2, 0) is 13.1 Å². The Labute approximate surface area is 249 Å². The van der Waals surface area contributed by atoms with Gasteiger partial charge in [-0.05, 0) is 59.6 Å². The molecule has 42 heavy (non-hydrogen) atoms. The van der Waals surface area contributed by atoms with Crippen molar-refractivity contribution in [3.63, 3.8) is 0 Å². The Morgan fingerprint density at radius 3 is 1.71 bits per heavy atom. The minimum absolute atomic E-state index is 0.0635. The van der Waals surface area contributed by atoms with E-state index >= 15 is 0 Å². The number of aromatic nitrogens is 6. The van der Waals surface area contributed by atoms with Gasteiger partial charge >= 0.3 is 0 Å². The molecule has 0 bridgehead atoms. The molecule has 220 valence electrons. The third-order valence-corrected chi connectivity index (χ3v) is 9.22. The van der Waals surface area contributed by atoms with Crippen LogP contribution in [0.5, 0.6) is 5.75 Å². The predicted octanol–water partition coefficient (Wildman–Crippen LogP) is 8.27. The molecule has 2 aromatic heterocycles. The van der Waals surface area contributed by atoms with Crippen molar-refractivity contribution in [3.8, 4) is 5.75 Å². The Kier molecular flexibility index (Phi) is 8.22. The molecule has 5 aromatic rings. The summed E-state index contributed by atoms with van der Waals surface area (Å²) >= 11 is 0. The summed E-state index contributed by atoms with van der Waals surface area (Å²) in [5.41, 5.74) is 6.47. The van der Waals surface area contributed by atoms with Gasteiger partial charge in [0, 0.05) is 17.4 Å². The van der Waals surface area contributed by atoms with Crippen LogP contribution in [-0.4, -0.2) is 35.1 Å². The van der Waals surface area contributed by atoms with E-state index in [0.29, 0.717) is 13.1 Å². The number of hydrogen-bond donors (Lipinski definition) is 1. The van der Waals surface area contributed by atoms with Gasteiger partial charge in [-0.3, -0.25) is 0 Å². The highest BCUT2D eigenvalue weighted by molar-refractivity contribution is 5.73. The van der Waals surface area contributed by atoms with E-state index in [2.05, 4.69) is 54.2 Å². The molecule has 7 heteroatoms. The largest absolute Gasteiger partial charge is 0.508 e. The summed E-state index contributed by atoms with van der Waals surface area (Å²) in [6.07, 6.45) is 2.88. The molecule has 0 radical (unpaired) electrons. The number of allylic oxidation sites excluding steroid dienone is 1. The molecular formula is C35H44N6O. The zero-order chi connectivity index (χ0) is 30.1. The molecule has 0 aliphatic rings. The predicted molar refractivity (Wildman–Crippen MR) is 171 cm³/mol. The summed E-state index contributed by atoms with van der Waals surface area (Å²) in [7, 11) is 0. The molecule has 1 N–H and O–H groups in total. The number of aromatic hydroxyl groups is 1. The summed E-state index contributed by atoms with van der Waals surface area (Å²) < 4.78 is 0. The average Bonchev–Trinajstić information content (AvgIpc) is 3.58. The lowest BCUT2D eigenvalue weighted by molar-refractivity contribution is 0.269. The van der Waals surface area contributed by atoms with Crippen LogP contribution < -0.4 is 0 Å². The van der Waals surface area contributed by atoms with Gasteiger partial charge < -0.3 is 5.11 Å². The second-order valence-corrected chi connectivity index (χ2v) is 13.0. The number of hydrogen-bond acceptors (Lipinski definition) is 5. The Morgan fingerprint density at radius 1 is 0.738 bits per heavy atom. The number of phenols is 1. The maximum atomic E-state index is 11.6. The van der Waals surface area contributed by atoms with Gasteiger partial charge in [0.15, 0.2) is 0 Å². The van der Waals surface area contributed by atoms with Gasteiger partial charge in [-0.25, -0.2) is 0 Å². The molecule has 0 amide bonds. The molecule has 0 aliphatic heterocycles. The maximum Gasteiger partial charge on any atom is 0.119 e. The van der Waals surface area contributed by atoms with Gasteiger partial charge in [-0.2, -0.15) is 30.0 Å². The van der Waals surface area contributed by atoms with Crippen LogP contribution in [0.25, 0.3) is 22.1 Å². The Hall–Kier alpha value is -4.00. The van der Waals surface area contributed by atoms with Gasteiger partial charge in [-0.1, -0.05) is 96.5 Å². The van der Waals surface area contributed by atoms with Gasteiger partial charge in [0.2, 0.25) is 0 Å². The van der Waals surface area contributed by atoms with Crippen LogP contribution in [0.15, 0.2) is 78.9 Å². The molecule has 0 saturated heterocycles. The molecule has 0 spiro atoms. The molecule has 7 nitrogen and oxygen atoms in total. The molecule has 0 fully saturated rings. The van der Waals surface area contributed by atoms with Gasteiger partial charge in [-0.15, -0.1) is 0 Å². The SMILES string of the molecule is C=C(C(Cn1nc2ccccc2n1)c1c(O)cccc1C(Cn1nc2ccccc2n1)CC(C)(C)CC)C(C)(C)CC. The van der Waals surface area contributed by atoms with Crippen molar-refractivity contribution < 1.29 is 5.11 Å². The van der Waals surface area contributed by atoms with Gasteiger partial charge in [0.1, 0.15) is 27.8 Å². The van der Waals surface area contributed by atoms with Crippen LogP contribution in [0, 0.1) is 10.8 Å². The third kappa shape index (κ3) is 6.10. The summed E-state index contributed by atoms with van der Waals surface area (Å²) in [5.74, 6) is 0.142. The Morgan fingerprint density at radius 2 is 1.24 bits per heavy atom. The molecule has 0 aliphatic carbocycles. The average molecular weight is 565 g/mol. The van der Waals surface area contributed by atoms with E-state index in [0.717, 1.165) is 58.0 Å². The second kappa shape index (κ2) is 11.7. The first-order chi connectivity index (χ1) is 20.0. The van der Waals surface area contributed by atoms with E-state index in [-0.39, 0.29) is 28.4 Å². The van der Waals surface area contributed by atoms with Crippen molar-refractivity contribution in [2.75, 3.05) is 0 Å². The maximum absolute atomic E-state index is 11.6. The quantitative estimate of drug-likeness (QED) is 0.154. The van der Waals surface area contributed by atoms with Crippen LogP contribution in [0.1, 0.15) is 83.8 Å². The molecule has 2 unspecified atom stereocenters. The summed E-state index contributed by atoms with van der Waals surface area (Å²) in [6, 6.07) is 21.8. The molecule has 3 aromatic carbocycles. The minimum atomic E-state index is -0.199. The highest BCUT2D eigenvalue weighted by atomic mass is 16.3. The fourth-order valence-corrected chi connectivity index (χ4v) is 5.80. The van der Waals surface area contributed by atoms with Crippen molar-refractivity contribution in [1.29, 1.82) is 0 Å². The van der Waals surface area contributed by atoms with Crippen LogP contribution in [0.3, 0.4) is 0 Å². The van der Waals surface area contributed by atoms with Crippen molar-refractivity contribution in [3.05, 3.63) is 90.0 Å². The molecule has 2 heterocycles. The molecule has 5 rings (SSSR count). The van der Waals surface area contributed by atoms with Crippen molar-refractivity contribution in [2.45, 2.75) is 85.7 Å². The highest BCUT2D eigenvalue weighted by Crippen LogP contribution is 2.47. The number of rotatable bonds is 12. The standard InChI is InChI=1S/C35H44N6O/c1-8-34(4,5)21-25(22-40-36-28-16-10-11-17-29(28)37-40)26-15-14-20-32(42)33(26)27(24(3)35(6,7)9-2)23-41-38-30-18-12-13-19-31(30)39-41/h10-20,25,27,42H,3,8-9,21-23H2,1-2,4-7H3. The monoisotopic (exact) mass is 564 g/mol.